The quantitative estimate of drug-likeness (QED) is 0.386. The van der Waals surface area contributed by atoms with Crippen LogP contribution in [-0.2, 0) is 28.5 Å². The first kappa shape index (κ1) is 28.2. The van der Waals surface area contributed by atoms with Gasteiger partial charge in [-0.05, 0) is 45.7 Å². The molecule has 0 unspecified atom stereocenters. The Hall–Kier alpha value is -2.07. The first-order chi connectivity index (χ1) is 16.2. The first-order valence-corrected chi connectivity index (χ1v) is 12.0. The predicted molar refractivity (Wildman–Crippen MR) is 128 cm³/mol. The molecule has 9 heteroatoms. The van der Waals surface area contributed by atoms with E-state index in [9.17, 15) is 9.59 Å². The summed E-state index contributed by atoms with van der Waals surface area (Å²) < 4.78 is 22.4. The molecule has 0 bridgehead atoms. The van der Waals surface area contributed by atoms with Gasteiger partial charge in [0.2, 0.25) is 11.8 Å². The number of ether oxygens (including phenoxy) is 4. The van der Waals surface area contributed by atoms with Crippen LogP contribution in [0.3, 0.4) is 0 Å². The van der Waals surface area contributed by atoms with Gasteiger partial charge < -0.3 is 29.2 Å². The first-order valence-electron chi connectivity index (χ1n) is 12.0. The molecule has 0 aromatic carbocycles. The van der Waals surface area contributed by atoms with Gasteiger partial charge in [0, 0.05) is 39.0 Å². The maximum atomic E-state index is 12.7. The Morgan fingerprint density at radius 3 is 2.41 bits per heavy atom. The highest BCUT2D eigenvalue weighted by molar-refractivity contribution is 5.90. The van der Waals surface area contributed by atoms with Gasteiger partial charge in [0.05, 0.1) is 56.7 Å². The molecule has 2 rings (SSSR count). The fourth-order valence-corrected chi connectivity index (χ4v) is 3.94. The summed E-state index contributed by atoms with van der Waals surface area (Å²) in [5.41, 5.74) is 0.723. The van der Waals surface area contributed by atoms with Crippen molar-refractivity contribution in [2.45, 2.75) is 58.3 Å². The molecule has 0 aliphatic carbocycles. The second-order valence-electron chi connectivity index (χ2n) is 9.50. The monoisotopic (exact) mass is 479 g/mol. The van der Waals surface area contributed by atoms with Gasteiger partial charge in [0.15, 0.2) is 0 Å². The minimum Gasteiger partial charge on any atom is -0.379 e. The second-order valence-corrected chi connectivity index (χ2v) is 9.50. The van der Waals surface area contributed by atoms with E-state index in [2.05, 4.69) is 17.2 Å². The molecule has 0 radical (unpaired) electrons. The molecule has 2 heterocycles. The molecule has 1 aromatic heterocycles. The van der Waals surface area contributed by atoms with Crippen molar-refractivity contribution in [3.05, 3.63) is 30.1 Å². The largest absolute Gasteiger partial charge is 0.379 e. The molecule has 0 spiro atoms. The van der Waals surface area contributed by atoms with Crippen molar-refractivity contribution < 1.29 is 28.5 Å². The lowest BCUT2D eigenvalue weighted by atomic mass is 9.94. The highest BCUT2D eigenvalue weighted by atomic mass is 16.5. The van der Waals surface area contributed by atoms with Gasteiger partial charge in [0.1, 0.15) is 0 Å². The highest BCUT2D eigenvalue weighted by Gasteiger charge is 2.42. The van der Waals surface area contributed by atoms with Crippen molar-refractivity contribution in [3.8, 4) is 0 Å². The Morgan fingerprint density at radius 2 is 1.79 bits per heavy atom. The lowest BCUT2D eigenvalue weighted by molar-refractivity contribution is -0.128. The normalized spacial score (nSPS) is 19.4. The summed E-state index contributed by atoms with van der Waals surface area (Å²) in [7, 11) is 1.73. The fourth-order valence-electron chi connectivity index (χ4n) is 3.94. The average molecular weight is 480 g/mol. The van der Waals surface area contributed by atoms with E-state index in [1.165, 1.54) is 0 Å². The Balaban J connectivity index is 1.50. The summed E-state index contributed by atoms with van der Waals surface area (Å²) in [6, 6.07) is 3.41. The van der Waals surface area contributed by atoms with E-state index in [0.29, 0.717) is 46.2 Å². The molecule has 1 aromatic rings. The lowest BCUT2D eigenvalue weighted by Crippen LogP contribution is -2.36. The van der Waals surface area contributed by atoms with Crippen molar-refractivity contribution in [2.24, 2.45) is 5.92 Å². The van der Waals surface area contributed by atoms with E-state index in [1.54, 1.807) is 24.3 Å². The van der Waals surface area contributed by atoms with E-state index in [1.807, 2.05) is 32.9 Å². The Kier molecular flexibility index (Phi) is 11.9. The molecule has 192 valence electrons. The number of nitrogens with one attached hydrogen (secondary N) is 1. The number of carbonyl (C=O) groups excluding carboxylic acids is 2. The second kappa shape index (κ2) is 14.4. The minimum atomic E-state index is -0.437. The number of carbonyl (C=O) groups is 2. The number of aromatic nitrogens is 1. The number of nitrogens with zero attached hydrogens (tertiary/aromatic N) is 2. The number of rotatable bonds is 15. The molecule has 3 atom stereocenters. The van der Waals surface area contributed by atoms with Gasteiger partial charge in [-0.15, -0.1) is 0 Å². The Morgan fingerprint density at radius 1 is 1.15 bits per heavy atom. The number of likely N-dealkylation sites (tertiary alicyclic amines) is 1. The standard InChI is InChI=1S/C25H41N3O6/c1-19(34-25(2,3)4)8-11-31-13-15-33-16-14-32-12-10-27-24(30)21-17-22(29)28(5)23(21)20-7-6-9-26-18-20/h6-7,9,18-19,21,23H,8,10-17H2,1-5H3,(H,27,30)/t19-,21+,23-/m1/s1. The van der Waals surface area contributed by atoms with Crippen LogP contribution in [0.5, 0.6) is 0 Å². The van der Waals surface area contributed by atoms with Crippen LogP contribution < -0.4 is 5.32 Å². The van der Waals surface area contributed by atoms with Crippen LogP contribution in [-0.4, -0.2) is 86.6 Å². The number of pyridine rings is 1. The van der Waals surface area contributed by atoms with Gasteiger partial charge >= 0.3 is 0 Å². The Labute approximate surface area is 203 Å². The van der Waals surface area contributed by atoms with Crippen molar-refractivity contribution in [1.29, 1.82) is 0 Å². The molecule has 1 saturated heterocycles. The molecule has 9 nitrogen and oxygen atoms in total. The third-order valence-electron chi connectivity index (χ3n) is 5.46. The Bertz CT molecular complexity index is 740. The average Bonchev–Trinajstić information content (AvgIpc) is 3.08. The lowest BCUT2D eigenvalue weighted by Gasteiger charge is -2.25. The maximum Gasteiger partial charge on any atom is 0.226 e. The maximum absolute atomic E-state index is 12.7. The van der Waals surface area contributed by atoms with Gasteiger partial charge in [-0.2, -0.15) is 0 Å². The highest BCUT2D eigenvalue weighted by Crippen LogP contribution is 2.36. The van der Waals surface area contributed by atoms with Crippen LogP contribution in [0.1, 0.15) is 52.1 Å². The van der Waals surface area contributed by atoms with Crippen LogP contribution in [0.2, 0.25) is 0 Å². The van der Waals surface area contributed by atoms with Crippen LogP contribution in [0, 0.1) is 5.92 Å². The third-order valence-corrected chi connectivity index (χ3v) is 5.46. The molecule has 34 heavy (non-hydrogen) atoms. The molecular formula is C25H41N3O6. The zero-order valence-corrected chi connectivity index (χ0v) is 21.2. The van der Waals surface area contributed by atoms with Gasteiger partial charge in [-0.3, -0.25) is 14.6 Å². The van der Waals surface area contributed by atoms with E-state index < -0.39 is 5.92 Å². The molecule has 1 aliphatic rings. The van der Waals surface area contributed by atoms with E-state index in [-0.39, 0.29) is 36.0 Å². The van der Waals surface area contributed by atoms with E-state index in [0.717, 1.165) is 12.0 Å². The summed E-state index contributed by atoms with van der Waals surface area (Å²) in [6.07, 6.45) is 4.58. The smallest absolute Gasteiger partial charge is 0.226 e. The van der Waals surface area contributed by atoms with Crippen LogP contribution in [0.4, 0.5) is 0 Å². The van der Waals surface area contributed by atoms with Crippen molar-refractivity contribution in [1.82, 2.24) is 15.2 Å². The summed E-state index contributed by atoms with van der Waals surface area (Å²) in [6.45, 7) is 11.5. The molecule has 2 amide bonds. The molecule has 1 aliphatic heterocycles. The zero-order valence-electron chi connectivity index (χ0n) is 21.2. The number of hydrogen-bond acceptors (Lipinski definition) is 7. The minimum absolute atomic E-state index is 0.0425. The topological polar surface area (TPSA) is 99.2 Å². The van der Waals surface area contributed by atoms with Gasteiger partial charge in [0.25, 0.3) is 0 Å². The van der Waals surface area contributed by atoms with Gasteiger partial charge in [-0.1, -0.05) is 6.07 Å². The van der Waals surface area contributed by atoms with E-state index in [4.69, 9.17) is 18.9 Å². The van der Waals surface area contributed by atoms with Crippen molar-refractivity contribution in [2.75, 3.05) is 53.2 Å². The van der Waals surface area contributed by atoms with Gasteiger partial charge in [-0.25, -0.2) is 0 Å². The zero-order chi connectivity index (χ0) is 25.0. The predicted octanol–water partition coefficient (Wildman–Crippen LogP) is 2.36. The summed E-state index contributed by atoms with van der Waals surface area (Å²) in [4.78, 5) is 30.6. The summed E-state index contributed by atoms with van der Waals surface area (Å²) in [5, 5.41) is 2.88. The molecular weight excluding hydrogens is 438 g/mol. The SMILES string of the molecule is C[C@H](CCOCCOCCOCCNC(=O)[C@H]1CC(=O)N(C)[C@@H]1c1cccnc1)OC(C)(C)C. The molecule has 1 N–H and O–H groups in total. The van der Waals surface area contributed by atoms with Crippen LogP contribution >= 0.6 is 0 Å². The van der Waals surface area contributed by atoms with Crippen LogP contribution in [0.25, 0.3) is 0 Å². The molecule has 1 fully saturated rings. The fraction of sp³-hybridized carbons (Fsp3) is 0.720. The van der Waals surface area contributed by atoms with E-state index >= 15 is 0 Å². The van der Waals surface area contributed by atoms with Crippen molar-refractivity contribution >= 4 is 11.8 Å². The number of hydrogen-bond donors (Lipinski definition) is 1. The number of amides is 2. The molecule has 0 saturated carbocycles. The summed E-state index contributed by atoms with van der Waals surface area (Å²) in [5.74, 6) is -0.627. The summed E-state index contributed by atoms with van der Waals surface area (Å²) >= 11 is 0. The van der Waals surface area contributed by atoms with Crippen molar-refractivity contribution in [3.63, 3.8) is 0 Å². The third kappa shape index (κ3) is 10.0. The van der Waals surface area contributed by atoms with Crippen LogP contribution in [0.15, 0.2) is 24.5 Å².